The van der Waals surface area contributed by atoms with Crippen molar-refractivity contribution < 1.29 is 14.3 Å². The molecule has 0 spiro atoms. The van der Waals surface area contributed by atoms with Crippen LogP contribution < -0.4 is 0 Å². The molecule has 0 aliphatic carbocycles. The van der Waals surface area contributed by atoms with Crippen LogP contribution in [-0.4, -0.2) is 18.4 Å². The number of hydrogen-bond donors (Lipinski definition) is 0. The highest BCUT2D eigenvalue weighted by atomic mass is 16.5. The van der Waals surface area contributed by atoms with Gasteiger partial charge in [0.25, 0.3) is 0 Å². The number of rotatable bonds is 7. The van der Waals surface area contributed by atoms with E-state index in [9.17, 15) is 9.59 Å². The van der Waals surface area contributed by atoms with E-state index < -0.39 is 11.9 Å². The zero-order chi connectivity index (χ0) is 11.7. The molecule has 0 radical (unpaired) electrons. The van der Waals surface area contributed by atoms with E-state index in [0.717, 1.165) is 12.2 Å². The molecule has 0 heterocycles. The molecule has 0 aromatic heterocycles. The van der Waals surface area contributed by atoms with Gasteiger partial charge in [-0.25, -0.2) is 4.79 Å². The van der Waals surface area contributed by atoms with Crippen molar-refractivity contribution in [3.8, 4) is 6.07 Å². The summed E-state index contributed by atoms with van der Waals surface area (Å²) in [5.41, 5.74) is 0. The first-order valence-corrected chi connectivity index (χ1v) is 4.50. The number of hydrogen-bond acceptors (Lipinski definition) is 4. The fourth-order valence-electron chi connectivity index (χ4n) is 0.932. The van der Waals surface area contributed by atoms with E-state index in [1.54, 1.807) is 0 Å². The van der Waals surface area contributed by atoms with Crippen LogP contribution >= 0.6 is 0 Å². The van der Waals surface area contributed by atoms with Crippen molar-refractivity contribution >= 4 is 11.8 Å². The maximum Gasteiger partial charge on any atom is 0.330 e. The number of nitrogens with zero attached hydrogens (tertiary/aromatic N) is 1. The van der Waals surface area contributed by atoms with Gasteiger partial charge in [0, 0.05) is 6.08 Å². The highest BCUT2D eigenvalue weighted by Crippen LogP contribution is 2.07. The summed E-state index contributed by atoms with van der Waals surface area (Å²) in [5.74, 6) is -1.49. The van der Waals surface area contributed by atoms with E-state index in [0.29, 0.717) is 12.8 Å². The summed E-state index contributed by atoms with van der Waals surface area (Å²) in [6.45, 7) is 6.73. The Morgan fingerprint density at radius 2 is 2.07 bits per heavy atom. The molecule has 0 aromatic rings. The fraction of sp³-hybridized carbons (Fsp3) is 0.364. The van der Waals surface area contributed by atoms with Crippen LogP contribution in [0.4, 0.5) is 0 Å². The van der Waals surface area contributed by atoms with Crippen molar-refractivity contribution in [1.82, 2.24) is 0 Å². The maximum atomic E-state index is 11.1. The number of ketones is 1. The van der Waals surface area contributed by atoms with E-state index in [4.69, 9.17) is 10.00 Å². The second-order valence-corrected chi connectivity index (χ2v) is 2.80. The first-order chi connectivity index (χ1) is 7.15. The quantitative estimate of drug-likeness (QED) is 0.359. The number of nitriles is 1. The van der Waals surface area contributed by atoms with Crippen molar-refractivity contribution in [3.63, 3.8) is 0 Å². The van der Waals surface area contributed by atoms with Crippen molar-refractivity contribution in [2.75, 3.05) is 6.61 Å². The average Bonchev–Trinajstić information content (AvgIpc) is 2.27. The molecule has 0 fully saturated rings. The molecule has 0 amide bonds. The zero-order valence-electron chi connectivity index (χ0n) is 8.44. The molecule has 0 aliphatic rings. The average molecular weight is 207 g/mol. The monoisotopic (exact) mass is 207 g/mol. The number of esters is 1. The lowest BCUT2D eigenvalue weighted by atomic mass is 10.0. The van der Waals surface area contributed by atoms with Gasteiger partial charge in [0.15, 0.2) is 5.78 Å². The molecule has 4 nitrogen and oxygen atoms in total. The predicted molar refractivity (Wildman–Crippen MR) is 54.7 cm³/mol. The minimum absolute atomic E-state index is 0.188. The smallest absolute Gasteiger partial charge is 0.330 e. The highest BCUT2D eigenvalue weighted by Gasteiger charge is 2.13. The summed E-state index contributed by atoms with van der Waals surface area (Å²) >= 11 is 0. The molecule has 15 heavy (non-hydrogen) atoms. The Labute approximate surface area is 88.8 Å². The van der Waals surface area contributed by atoms with Crippen molar-refractivity contribution in [2.24, 2.45) is 5.92 Å². The predicted octanol–water partition coefficient (Wildman–Crippen LogP) is 1.39. The van der Waals surface area contributed by atoms with Gasteiger partial charge in [-0.05, 0) is 18.9 Å². The molecule has 1 atom stereocenters. The van der Waals surface area contributed by atoms with Crippen LogP contribution in [0.25, 0.3) is 0 Å². The topological polar surface area (TPSA) is 67.2 Å². The molecule has 4 heteroatoms. The normalized spacial score (nSPS) is 10.9. The van der Waals surface area contributed by atoms with Gasteiger partial charge in [-0.1, -0.05) is 13.2 Å². The van der Waals surface area contributed by atoms with Gasteiger partial charge in [0.05, 0.1) is 12.7 Å². The largest absolute Gasteiger partial charge is 0.463 e. The lowest BCUT2D eigenvalue weighted by Gasteiger charge is -2.04. The molecular weight excluding hydrogens is 194 g/mol. The Balaban J connectivity index is 3.79. The Hall–Kier alpha value is -1.89. The van der Waals surface area contributed by atoms with E-state index in [1.807, 2.05) is 6.07 Å². The van der Waals surface area contributed by atoms with Gasteiger partial charge in [0.1, 0.15) is 5.92 Å². The Bertz CT molecular complexity index is 301. The molecule has 0 saturated carbocycles. The van der Waals surface area contributed by atoms with E-state index in [-0.39, 0.29) is 12.4 Å². The van der Waals surface area contributed by atoms with Gasteiger partial charge in [0.2, 0.25) is 0 Å². The minimum atomic E-state index is -0.690. The number of carbonyl (C=O) groups is 2. The van der Waals surface area contributed by atoms with E-state index in [2.05, 4.69) is 13.2 Å². The first kappa shape index (κ1) is 13.1. The molecule has 0 bridgehead atoms. The van der Waals surface area contributed by atoms with Gasteiger partial charge in [-0.2, -0.15) is 5.26 Å². The summed E-state index contributed by atoms with van der Waals surface area (Å²) in [7, 11) is 0. The number of ether oxygens (including phenoxy) is 1. The van der Waals surface area contributed by atoms with Crippen LogP contribution in [0.1, 0.15) is 12.8 Å². The van der Waals surface area contributed by atoms with Gasteiger partial charge >= 0.3 is 5.97 Å². The highest BCUT2D eigenvalue weighted by molar-refractivity contribution is 5.92. The first-order valence-electron chi connectivity index (χ1n) is 4.50. The van der Waals surface area contributed by atoms with Crippen molar-refractivity contribution in [3.05, 3.63) is 25.3 Å². The Morgan fingerprint density at radius 1 is 1.40 bits per heavy atom. The van der Waals surface area contributed by atoms with E-state index in [1.165, 1.54) is 0 Å². The van der Waals surface area contributed by atoms with Crippen molar-refractivity contribution in [1.29, 1.82) is 5.26 Å². The van der Waals surface area contributed by atoms with Crippen molar-refractivity contribution in [2.45, 2.75) is 12.8 Å². The zero-order valence-corrected chi connectivity index (χ0v) is 8.44. The third kappa shape index (κ3) is 5.42. The molecular formula is C11H13NO3. The minimum Gasteiger partial charge on any atom is -0.463 e. The lowest BCUT2D eigenvalue weighted by molar-refractivity contribution is -0.137. The van der Waals surface area contributed by atoms with Crippen LogP contribution in [-0.2, 0) is 14.3 Å². The third-order valence-electron chi connectivity index (χ3n) is 1.75. The SMILES string of the molecule is C=CC(=O)OCCCC(C#N)C(=O)C=C. The van der Waals surface area contributed by atoms with Gasteiger partial charge in [-0.3, -0.25) is 4.79 Å². The fourth-order valence-corrected chi connectivity index (χ4v) is 0.932. The third-order valence-corrected chi connectivity index (χ3v) is 1.75. The molecule has 80 valence electrons. The molecule has 0 N–H and O–H groups in total. The lowest BCUT2D eigenvalue weighted by Crippen LogP contribution is -2.11. The second kappa shape index (κ2) is 7.51. The molecule has 0 aliphatic heterocycles. The molecule has 0 aromatic carbocycles. The van der Waals surface area contributed by atoms with Gasteiger partial charge < -0.3 is 4.74 Å². The maximum absolute atomic E-state index is 11.1. The second-order valence-electron chi connectivity index (χ2n) is 2.80. The van der Waals surface area contributed by atoms with Crippen LogP contribution in [0, 0.1) is 17.2 Å². The Kier molecular flexibility index (Phi) is 6.56. The molecule has 0 rings (SSSR count). The van der Waals surface area contributed by atoms with Crippen LogP contribution in [0.2, 0.25) is 0 Å². The van der Waals surface area contributed by atoms with Crippen LogP contribution in [0.5, 0.6) is 0 Å². The number of carbonyl (C=O) groups excluding carboxylic acids is 2. The standard InChI is InChI=1S/C11H13NO3/c1-3-10(13)9(8-12)6-5-7-15-11(14)4-2/h3-4,9H,1-2,5-7H2. The van der Waals surface area contributed by atoms with Crippen LogP contribution in [0.15, 0.2) is 25.3 Å². The molecule has 1 unspecified atom stereocenters. The summed E-state index contributed by atoms with van der Waals surface area (Å²) in [5, 5.41) is 8.64. The molecule has 0 saturated heterocycles. The Morgan fingerprint density at radius 3 is 2.53 bits per heavy atom. The summed E-state index contributed by atoms with van der Waals surface area (Å²) in [6, 6.07) is 1.87. The van der Waals surface area contributed by atoms with Crippen LogP contribution in [0.3, 0.4) is 0 Å². The van der Waals surface area contributed by atoms with E-state index >= 15 is 0 Å². The summed E-state index contributed by atoms with van der Waals surface area (Å²) in [6.07, 6.45) is 3.03. The van der Waals surface area contributed by atoms with Gasteiger partial charge in [-0.15, -0.1) is 0 Å². The summed E-state index contributed by atoms with van der Waals surface area (Å²) in [4.78, 5) is 21.7. The summed E-state index contributed by atoms with van der Waals surface area (Å²) < 4.78 is 4.70. The number of allylic oxidation sites excluding steroid dienone is 1.